The van der Waals surface area contributed by atoms with Crippen LogP contribution in [0.1, 0.15) is 5.56 Å². The van der Waals surface area contributed by atoms with Gasteiger partial charge in [0.15, 0.2) is 0 Å². The van der Waals surface area contributed by atoms with Gasteiger partial charge < -0.3 is 9.47 Å². The van der Waals surface area contributed by atoms with E-state index in [1.807, 2.05) is 12.3 Å². The standard InChI is InChI=1S/C43H30N4/c1-29-27-34(21-23-36(29)39-24-20-31-19-18-30-11-10-26-44-42(30)43(31)45-39)47-40-17-9-8-16-37(40)38-28-35(22-25-41(38)47)46(32-12-4-2-5-13-32)33-14-6-3-7-15-33/h2-28H,1H3. The average Bonchev–Trinajstić information content (AvgIpc) is 3.46. The van der Waals surface area contributed by atoms with Gasteiger partial charge in [0.1, 0.15) is 0 Å². The Balaban J connectivity index is 1.18. The molecule has 0 aliphatic rings. The molecular formula is C43H30N4. The van der Waals surface area contributed by atoms with Gasteiger partial charge in [-0.05, 0) is 85.3 Å². The van der Waals surface area contributed by atoms with Crippen LogP contribution in [0.25, 0.3) is 60.6 Å². The third-order valence-electron chi connectivity index (χ3n) is 9.12. The van der Waals surface area contributed by atoms with Crippen LogP contribution in [0.3, 0.4) is 0 Å². The molecule has 47 heavy (non-hydrogen) atoms. The molecule has 0 N–H and O–H groups in total. The highest BCUT2D eigenvalue weighted by atomic mass is 15.1. The quantitative estimate of drug-likeness (QED) is 0.184. The van der Waals surface area contributed by atoms with E-state index in [9.17, 15) is 0 Å². The van der Waals surface area contributed by atoms with E-state index in [0.717, 1.165) is 55.8 Å². The molecule has 0 aliphatic heterocycles. The van der Waals surface area contributed by atoms with Crippen LogP contribution in [0.15, 0.2) is 164 Å². The fraction of sp³-hybridized carbons (Fsp3) is 0.0233. The van der Waals surface area contributed by atoms with Crippen molar-refractivity contribution in [2.24, 2.45) is 0 Å². The number of aromatic nitrogens is 3. The summed E-state index contributed by atoms with van der Waals surface area (Å²) in [6.07, 6.45) is 1.84. The van der Waals surface area contributed by atoms with Crippen LogP contribution in [0.4, 0.5) is 17.1 Å². The lowest BCUT2D eigenvalue weighted by Gasteiger charge is -2.25. The maximum atomic E-state index is 5.13. The number of fused-ring (bicyclic) bond motifs is 6. The van der Waals surface area contributed by atoms with Crippen molar-refractivity contribution in [3.8, 4) is 16.9 Å². The van der Waals surface area contributed by atoms with Gasteiger partial charge in [-0.2, -0.15) is 0 Å². The third kappa shape index (κ3) is 4.53. The molecule has 3 aromatic heterocycles. The van der Waals surface area contributed by atoms with Gasteiger partial charge in [-0.15, -0.1) is 0 Å². The van der Waals surface area contributed by atoms with Gasteiger partial charge in [0, 0.05) is 56.1 Å². The molecule has 0 bridgehead atoms. The first-order chi connectivity index (χ1) is 23.2. The van der Waals surface area contributed by atoms with Gasteiger partial charge in [0.2, 0.25) is 0 Å². The van der Waals surface area contributed by atoms with E-state index < -0.39 is 0 Å². The molecule has 0 saturated carbocycles. The number of pyridine rings is 2. The van der Waals surface area contributed by atoms with Crippen LogP contribution in [0.2, 0.25) is 0 Å². The number of nitrogens with zero attached hydrogens (tertiary/aromatic N) is 4. The molecule has 0 atom stereocenters. The van der Waals surface area contributed by atoms with Crippen molar-refractivity contribution < 1.29 is 0 Å². The van der Waals surface area contributed by atoms with Crippen molar-refractivity contribution in [3.05, 3.63) is 169 Å². The summed E-state index contributed by atoms with van der Waals surface area (Å²) in [7, 11) is 0. The molecule has 222 valence electrons. The summed E-state index contributed by atoms with van der Waals surface area (Å²) in [5.41, 5.74) is 12.0. The first kappa shape index (κ1) is 27.1. The summed E-state index contributed by atoms with van der Waals surface area (Å²) in [5, 5.41) is 4.63. The number of rotatable bonds is 5. The number of hydrogen-bond donors (Lipinski definition) is 0. The molecule has 0 amide bonds. The summed E-state index contributed by atoms with van der Waals surface area (Å²) < 4.78 is 2.38. The lowest BCUT2D eigenvalue weighted by atomic mass is 10.0. The van der Waals surface area contributed by atoms with E-state index in [0.29, 0.717) is 0 Å². The molecule has 4 heteroatoms. The maximum Gasteiger partial charge on any atom is 0.0972 e. The lowest BCUT2D eigenvalue weighted by molar-refractivity contribution is 1.17. The molecule has 9 aromatic rings. The Labute approximate surface area is 272 Å². The van der Waals surface area contributed by atoms with Crippen molar-refractivity contribution >= 4 is 60.7 Å². The van der Waals surface area contributed by atoms with E-state index in [4.69, 9.17) is 4.98 Å². The van der Waals surface area contributed by atoms with Crippen LogP contribution >= 0.6 is 0 Å². The summed E-state index contributed by atoms with van der Waals surface area (Å²) in [6, 6.07) is 55.9. The average molecular weight is 603 g/mol. The van der Waals surface area contributed by atoms with Crippen LogP contribution in [0, 0.1) is 6.92 Å². The molecule has 0 radical (unpaired) electrons. The fourth-order valence-corrected chi connectivity index (χ4v) is 6.93. The van der Waals surface area contributed by atoms with Gasteiger partial charge in [-0.1, -0.05) is 84.9 Å². The molecule has 4 nitrogen and oxygen atoms in total. The van der Waals surface area contributed by atoms with Crippen LogP contribution in [-0.4, -0.2) is 14.5 Å². The highest BCUT2D eigenvalue weighted by Crippen LogP contribution is 2.40. The van der Waals surface area contributed by atoms with Gasteiger partial charge in [-0.3, -0.25) is 4.98 Å². The lowest BCUT2D eigenvalue weighted by Crippen LogP contribution is -2.09. The van der Waals surface area contributed by atoms with Crippen LogP contribution in [0.5, 0.6) is 0 Å². The molecular weight excluding hydrogens is 573 g/mol. The topological polar surface area (TPSA) is 34.0 Å². The smallest absolute Gasteiger partial charge is 0.0972 e. The minimum Gasteiger partial charge on any atom is -0.310 e. The molecule has 3 heterocycles. The first-order valence-electron chi connectivity index (χ1n) is 15.9. The molecule has 0 fully saturated rings. The zero-order chi connectivity index (χ0) is 31.3. The summed E-state index contributed by atoms with van der Waals surface area (Å²) in [4.78, 5) is 12.1. The van der Waals surface area contributed by atoms with Crippen LogP contribution < -0.4 is 4.90 Å². The van der Waals surface area contributed by atoms with E-state index in [1.54, 1.807) is 0 Å². The predicted octanol–water partition coefficient (Wildman–Crippen LogP) is 11.3. The second-order valence-electron chi connectivity index (χ2n) is 12.0. The monoisotopic (exact) mass is 602 g/mol. The minimum atomic E-state index is 0.933. The van der Waals surface area contributed by atoms with E-state index in [2.05, 4.69) is 173 Å². The number of anilines is 3. The SMILES string of the molecule is Cc1cc(-n2c3ccccc3c3cc(N(c4ccccc4)c4ccccc4)ccc32)ccc1-c1ccc2ccc3cccnc3c2n1. The van der Waals surface area contributed by atoms with Crippen LogP contribution in [-0.2, 0) is 0 Å². The molecule has 0 saturated heterocycles. The summed E-state index contributed by atoms with van der Waals surface area (Å²) >= 11 is 0. The Hall–Kier alpha value is -6.26. The van der Waals surface area contributed by atoms with E-state index in [1.165, 1.54) is 27.4 Å². The minimum absolute atomic E-state index is 0.933. The molecule has 9 rings (SSSR count). The molecule has 0 unspecified atom stereocenters. The summed E-state index contributed by atoms with van der Waals surface area (Å²) in [5.74, 6) is 0. The number of hydrogen-bond acceptors (Lipinski definition) is 3. The Morgan fingerprint density at radius 3 is 1.96 bits per heavy atom. The highest BCUT2D eigenvalue weighted by molar-refractivity contribution is 6.11. The number of benzene rings is 6. The summed E-state index contributed by atoms with van der Waals surface area (Å²) in [6.45, 7) is 2.18. The van der Waals surface area contributed by atoms with Gasteiger partial charge in [-0.25, -0.2) is 4.98 Å². The Bertz CT molecular complexity index is 2550. The zero-order valence-corrected chi connectivity index (χ0v) is 25.9. The first-order valence-corrected chi connectivity index (χ1v) is 15.9. The van der Waals surface area contributed by atoms with Crippen molar-refractivity contribution in [2.45, 2.75) is 6.92 Å². The second-order valence-corrected chi connectivity index (χ2v) is 12.0. The van der Waals surface area contributed by atoms with Crippen molar-refractivity contribution in [1.29, 1.82) is 0 Å². The maximum absolute atomic E-state index is 5.13. The Morgan fingerprint density at radius 1 is 0.511 bits per heavy atom. The molecule has 0 aliphatic carbocycles. The van der Waals surface area contributed by atoms with E-state index >= 15 is 0 Å². The largest absolute Gasteiger partial charge is 0.310 e. The van der Waals surface area contributed by atoms with Gasteiger partial charge in [0.25, 0.3) is 0 Å². The molecule has 6 aromatic carbocycles. The van der Waals surface area contributed by atoms with Gasteiger partial charge in [0.05, 0.1) is 27.8 Å². The highest BCUT2D eigenvalue weighted by Gasteiger charge is 2.18. The molecule has 0 spiro atoms. The van der Waals surface area contributed by atoms with Crippen molar-refractivity contribution in [3.63, 3.8) is 0 Å². The zero-order valence-electron chi connectivity index (χ0n) is 25.9. The van der Waals surface area contributed by atoms with Gasteiger partial charge >= 0.3 is 0 Å². The number of para-hydroxylation sites is 3. The Kier molecular flexibility index (Phi) is 6.32. The predicted molar refractivity (Wildman–Crippen MR) is 196 cm³/mol. The van der Waals surface area contributed by atoms with E-state index in [-0.39, 0.29) is 0 Å². The normalized spacial score (nSPS) is 11.5. The number of aryl methyl sites for hydroxylation is 1. The Morgan fingerprint density at radius 2 is 1.19 bits per heavy atom. The third-order valence-corrected chi connectivity index (χ3v) is 9.12. The van der Waals surface area contributed by atoms with Crippen molar-refractivity contribution in [2.75, 3.05) is 4.90 Å². The fourth-order valence-electron chi connectivity index (χ4n) is 6.93. The second kappa shape index (κ2) is 11.0. The van der Waals surface area contributed by atoms with Crippen molar-refractivity contribution in [1.82, 2.24) is 14.5 Å².